The molecule has 9 heteroatoms. The minimum Gasteiger partial charge on any atom is -0.394 e. The molecule has 3 N–H and O–H groups in total. The van der Waals surface area contributed by atoms with E-state index in [1.165, 1.54) is 0 Å². The lowest BCUT2D eigenvalue weighted by Gasteiger charge is -2.39. The molecule has 182 valence electrons. The molecule has 0 radical (unpaired) electrons. The average molecular weight is 533 g/mol. The number of carbonyl (C=O) groups excluding carboxylic acids is 3. The van der Waals surface area contributed by atoms with E-state index in [0.717, 1.165) is 19.3 Å². The summed E-state index contributed by atoms with van der Waals surface area (Å²) in [5.74, 6) is -1.46. The van der Waals surface area contributed by atoms with Gasteiger partial charge in [-0.1, -0.05) is 50.0 Å². The highest BCUT2D eigenvalue weighted by Gasteiger charge is 2.76. The maximum absolute atomic E-state index is 13.9. The zero-order valence-corrected chi connectivity index (χ0v) is 22.2. The van der Waals surface area contributed by atoms with E-state index in [9.17, 15) is 19.5 Å². The van der Waals surface area contributed by atoms with Gasteiger partial charge in [0.05, 0.1) is 29.2 Å². The molecule has 3 fully saturated rings. The zero-order valence-electron chi connectivity index (χ0n) is 19.8. The van der Waals surface area contributed by atoms with E-state index in [2.05, 4.69) is 33.5 Å². The topological polar surface area (TPSA) is 98.7 Å². The number of aliphatic hydroxyl groups excluding tert-OH is 1. The van der Waals surface area contributed by atoms with Crippen molar-refractivity contribution in [2.75, 3.05) is 13.2 Å². The lowest BCUT2D eigenvalue weighted by atomic mass is 9.70. The normalized spacial score (nSPS) is 35.2. The second-order valence-electron chi connectivity index (χ2n) is 9.89. The Morgan fingerprint density at radius 3 is 2.50 bits per heavy atom. The standard InChI is InChI=1S/C23H38BrN3O4S/c1-6-8-13(5)26-21(30)19-23-10-14(24)18(32-23)16(20(29)25-9-7-2)17(23)22(31)27(19)15(11-28)12(3)4/h12-19,28H,6-11H2,1-5H3,(H,25,29)(H,26,30)/t13?,14?,15-,16+,17-,18+,19?,23?/m0/s1. The smallest absolute Gasteiger partial charge is 0.244 e. The molecule has 0 aromatic rings. The van der Waals surface area contributed by atoms with Gasteiger partial charge in [0.15, 0.2) is 0 Å². The Kier molecular flexibility index (Phi) is 8.24. The number of carbonyl (C=O) groups is 3. The number of halogens is 1. The van der Waals surface area contributed by atoms with Crippen molar-refractivity contribution in [1.29, 1.82) is 0 Å². The van der Waals surface area contributed by atoms with Crippen LogP contribution in [0.3, 0.4) is 0 Å². The molecular formula is C23H38BrN3O4S. The SMILES string of the molecule is CCCNC(=O)[C@H]1[C@@H]2SC3(CC2Br)C(C(=O)NC(C)CCC)N([C@@H](CO)C(C)C)C(=O)[C@H]13. The molecule has 0 aromatic heterocycles. The molecule has 32 heavy (non-hydrogen) atoms. The number of aliphatic hydroxyl groups is 1. The Hall–Kier alpha value is -0.800. The number of nitrogens with zero attached hydrogens (tertiary/aromatic N) is 1. The van der Waals surface area contributed by atoms with Gasteiger partial charge in [-0.05, 0) is 32.1 Å². The Morgan fingerprint density at radius 2 is 1.94 bits per heavy atom. The molecule has 3 rings (SSSR count). The fraction of sp³-hybridized carbons (Fsp3) is 0.870. The second kappa shape index (κ2) is 10.2. The van der Waals surface area contributed by atoms with Crippen molar-refractivity contribution in [3.05, 3.63) is 0 Å². The van der Waals surface area contributed by atoms with Gasteiger partial charge in [0.25, 0.3) is 0 Å². The van der Waals surface area contributed by atoms with Crippen LogP contribution in [0.4, 0.5) is 0 Å². The Bertz CT molecular complexity index is 738. The summed E-state index contributed by atoms with van der Waals surface area (Å²) in [6.07, 6.45) is 3.29. The lowest BCUT2D eigenvalue weighted by Crippen LogP contribution is -2.59. The van der Waals surface area contributed by atoms with Gasteiger partial charge in [-0.25, -0.2) is 0 Å². The molecule has 3 saturated heterocycles. The van der Waals surface area contributed by atoms with Crippen LogP contribution >= 0.6 is 27.7 Å². The first-order valence-corrected chi connectivity index (χ1v) is 13.8. The fourth-order valence-electron chi connectivity index (χ4n) is 5.84. The zero-order chi connectivity index (χ0) is 23.8. The van der Waals surface area contributed by atoms with E-state index >= 15 is 0 Å². The van der Waals surface area contributed by atoms with Crippen LogP contribution in [0.15, 0.2) is 0 Å². The van der Waals surface area contributed by atoms with Crippen LogP contribution < -0.4 is 10.6 Å². The first kappa shape index (κ1) is 25.8. The van der Waals surface area contributed by atoms with E-state index in [1.807, 2.05) is 27.7 Å². The quantitative estimate of drug-likeness (QED) is 0.375. The fourth-order valence-corrected chi connectivity index (χ4v) is 9.44. The summed E-state index contributed by atoms with van der Waals surface area (Å²) < 4.78 is -0.664. The number of thioether (sulfide) groups is 1. The molecule has 2 bridgehead atoms. The third kappa shape index (κ3) is 4.22. The van der Waals surface area contributed by atoms with Gasteiger partial charge in [-0.15, -0.1) is 11.8 Å². The molecule has 8 atom stereocenters. The van der Waals surface area contributed by atoms with Gasteiger partial charge in [-0.3, -0.25) is 14.4 Å². The highest BCUT2D eigenvalue weighted by atomic mass is 79.9. The molecule has 0 aliphatic carbocycles. The molecule has 4 unspecified atom stereocenters. The van der Waals surface area contributed by atoms with Crippen LogP contribution in [0.1, 0.15) is 60.3 Å². The summed E-state index contributed by atoms with van der Waals surface area (Å²) >= 11 is 5.41. The molecule has 3 aliphatic rings. The number of nitrogens with one attached hydrogen (secondary N) is 2. The summed E-state index contributed by atoms with van der Waals surface area (Å²) in [6.45, 7) is 10.3. The van der Waals surface area contributed by atoms with Crippen molar-refractivity contribution in [3.8, 4) is 0 Å². The maximum atomic E-state index is 13.9. The van der Waals surface area contributed by atoms with Crippen molar-refractivity contribution in [3.63, 3.8) is 0 Å². The van der Waals surface area contributed by atoms with Gasteiger partial charge in [-0.2, -0.15) is 0 Å². The van der Waals surface area contributed by atoms with Crippen LogP contribution in [-0.4, -0.2) is 73.8 Å². The van der Waals surface area contributed by atoms with Crippen LogP contribution in [0.2, 0.25) is 0 Å². The van der Waals surface area contributed by atoms with Crippen molar-refractivity contribution in [2.45, 2.75) is 93.3 Å². The van der Waals surface area contributed by atoms with Gasteiger partial charge >= 0.3 is 0 Å². The molecule has 3 heterocycles. The Labute approximate surface area is 204 Å². The monoisotopic (exact) mass is 531 g/mol. The largest absolute Gasteiger partial charge is 0.394 e. The minimum absolute atomic E-state index is 0.00134. The van der Waals surface area contributed by atoms with E-state index in [4.69, 9.17) is 0 Å². The van der Waals surface area contributed by atoms with Crippen molar-refractivity contribution >= 4 is 45.4 Å². The van der Waals surface area contributed by atoms with Crippen LogP contribution in [-0.2, 0) is 14.4 Å². The molecule has 3 aliphatic heterocycles. The van der Waals surface area contributed by atoms with E-state index < -0.39 is 28.7 Å². The first-order valence-electron chi connectivity index (χ1n) is 12.0. The van der Waals surface area contributed by atoms with Gasteiger partial charge in [0.1, 0.15) is 6.04 Å². The number of hydrogen-bond acceptors (Lipinski definition) is 5. The minimum atomic E-state index is -0.696. The third-order valence-corrected chi connectivity index (χ3v) is 10.5. The van der Waals surface area contributed by atoms with Crippen molar-refractivity contribution < 1.29 is 19.5 Å². The average Bonchev–Trinajstić information content (AvgIpc) is 3.30. The predicted molar refractivity (Wildman–Crippen MR) is 131 cm³/mol. The molecule has 1 spiro atoms. The number of rotatable bonds is 10. The number of hydrogen-bond donors (Lipinski definition) is 3. The second-order valence-corrected chi connectivity index (χ2v) is 12.6. The highest BCUT2D eigenvalue weighted by Crippen LogP contribution is 2.68. The Morgan fingerprint density at radius 1 is 1.25 bits per heavy atom. The summed E-state index contributed by atoms with van der Waals surface area (Å²) in [4.78, 5) is 42.5. The summed E-state index contributed by atoms with van der Waals surface area (Å²) in [7, 11) is 0. The summed E-state index contributed by atoms with van der Waals surface area (Å²) in [5.41, 5.74) is 0. The van der Waals surface area contributed by atoms with Crippen LogP contribution in [0.25, 0.3) is 0 Å². The molecular weight excluding hydrogens is 494 g/mol. The van der Waals surface area contributed by atoms with Crippen LogP contribution in [0.5, 0.6) is 0 Å². The molecule has 0 saturated carbocycles. The summed E-state index contributed by atoms with van der Waals surface area (Å²) in [5, 5.41) is 16.3. The number of amides is 3. The molecule has 7 nitrogen and oxygen atoms in total. The number of likely N-dealkylation sites (tertiary alicyclic amines) is 1. The van der Waals surface area contributed by atoms with Crippen molar-refractivity contribution in [2.24, 2.45) is 17.8 Å². The van der Waals surface area contributed by atoms with Crippen molar-refractivity contribution in [1.82, 2.24) is 15.5 Å². The number of alkyl halides is 1. The first-order chi connectivity index (χ1) is 15.1. The Balaban J connectivity index is 2.04. The van der Waals surface area contributed by atoms with E-state index in [-0.39, 0.29) is 46.4 Å². The number of fused-ring (bicyclic) bond motifs is 1. The maximum Gasteiger partial charge on any atom is 0.244 e. The molecule has 3 amide bonds. The van der Waals surface area contributed by atoms with Gasteiger partial charge in [0, 0.05) is 22.7 Å². The highest BCUT2D eigenvalue weighted by molar-refractivity contribution is 9.09. The van der Waals surface area contributed by atoms with E-state index in [1.54, 1.807) is 16.7 Å². The third-order valence-electron chi connectivity index (χ3n) is 7.25. The summed E-state index contributed by atoms with van der Waals surface area (Å²) in [6, 6.07) is -1.16. The van der Waals surface area contributed by atoms with Crippen LogP contribution in [0, 0.1) is 17.8 Å². The lowest BCUT2D eigenvalue weighted by molar-refractivity contribution is -0.143. The van der Waals surface area contributed by atoms with Gasteiger partial charge in [0.2, 0.25) is 17.7 Å². The van der Waals surface area contributed by atoms with Gasteiger partial charge < -0.3 is 20.6 Å². The van der Waals surface area contributed by atoms with E-state index in [0.29, 0.717) is 13.0 Å². The molecule has 0 aromatic carbocycles. The predicted octanol–water partition coefficient (Wildman–Crippen LogP) is 2.30.